The van der Waals surface area contributed by atoms with Crippen LogP contribution in [0.5, 0.6) is 0 Å². The van der Waals surface area contributed by atoms with Crippen molar-refractivity contribution in [3.63, 3.8) is 0 Å². The van der Waals surface area contributed by atoms with E-state index in [0.717, 1.165) is 25.7 Å². The number of hydrogen-bond acceptors (Lipinski definition) is 3. The molecule has 8 aromatic carbocycles. The van der Waals surface area contributed by atoms with E-state index in [1.165, 1.54) is 87.3 Å². The monoisotopic (exact) mass is 710 g/mol. The number of benzene rings is 8. The second-order valence-electron chi connectivity index (χ2n) is 14.9. The second kappa shape index (κ2) is 12.5. The number of fused-ring (bicyclic) bond motifs is 8. The molecule has 0 fully saturated rings. The number of nitrogens with zero attached hydrogens (tertiary/aromatic N) is 2. The lowest BCUT2D eigenvalue weighted by atomic mass is 9.76. The first-order chi connectivity index (χ1) is 26.7. The van der Waals surface area contributed by atoms with E-state index in [9.17, 15) is 0 Å². The normalized spacial score (nSPS) is 15.9. The van der Waals surface area contributed by atoms with Gasteiger partial charge in [0, 0.05) is 59.7 Å². The number of hydrogen-bond donors (Lipinski definition) is 0. The van der Waals surface area contributed by atoms with Crippen molar-refractivity contribution in [1.29, 1.82) is 0 Å². The summed E-state index contributed by atoms with van der Waals surface area (Å²) in [5.41, 5.74) is 13.1. The number of para-hydroxylation sites is 2. The minimum atomic E-state index is -0.0137. The molecule has 0 saturated heterocycles. The smallest absolute Gasteiger partial charge is 0.0476 e. The predicted octanol–water partition coefficient (Wildman–Crippen LogP) is 14.3. The van der Waals surface area contributed by atoms with Gasteiger partial charge in [-0.15, -0.1) is 11.3 Å². The number of aryl methyl sites for hydroxylation is 2. The minimum Gasteiger partial charge on any atom is -0.310 e. The van der Waals surface area contributed by atoms with E-state index in [-0.39, 0.29) is 5.41 Å². The van der Waals surface area contributed by atoms with Gasteiger partial charge in [-0.2, -0.15) is 0 Å². The topological polar surface area (TPSA) is 6.48 Å². The molecule has 0 bridgehead atoms. The Balaban J connectivity index is 1.06. The average molecular weight is 711 g/mol. The fourth-order valence-corrected chi connectivity index (χ4v) is 10.6. The highest BCUT2D eigenvalue weighted by atomic mass is 32.1. The van der Waals surface area contributed by atoms with E-state index in [4.69, 9.17) is 0 Å². The molecule has 258 valence electrons. The van der Waals surface area contributed by atoms with Crippen molar-refractivity contribution in [2.24, 2.45) is 0 Å². The summed E-state index contributed by atoms with van der Waals surface area (Å²) in [5, 5.41) is 5.16. The van der Waals surface area contributed by atoms with Crippen LogP contribution in [0.1, 0.15) is 35.1 Å². The van der Waals surface area contributed by atoms with Crippen LogP contribution in [0.15, 0.2) is 182 Å². The minimum absolute atomic E-state index is 0.0137. The van der Waals surface area contributed by atoms with E-state index in [1.54, 1.807) is 0 Å². The highest BCUT2D eigenvalue weighted by molar-refractivity contribution is 7.25. The van der Waals surface area contributed by atoms with Crippen LogP contribution in [-0.4, -0.2) is 0 Å². The van der Waals surface area contributed by atoms with E-state index in [0.29, 0.717) is 0 Å². The third kappa shape index (κ3) is 4.99. The molecular weight excluding hydrogens is 673 g/mol. The van der Waals surface area contributed by atoms with Gasteiger partial charge in [0.05, 0.1) is 0 Å². The molecule has 1 atom stereocenters. The lowest BCUT2D eigenvalue weighted by Crippen LogP contribution is -2.22. The van der Waals surface area contributed by atoms with E-state index >= 15 is 0 Å². The first-order valence-electron chi connectivity index (χ1n) is 19.1. The Morgan fingerprint density at radius 2 is 0.870 bits per heavy atom. The fraction of sp³-hybridized carbons (Fsp3) is 0.0980. The summed E-state index contributed by atoms with van der Waals surface area (Å²) >= 11 is 1.88. The molecule has 0 amide bonds. The SMILES string of the molecule is c1ccc(N(c2ccccc2)c2ccc3c(c2)[C@@]2(CC3)CCc3ccc(N(c4ccc5ccccc5c4)c4ccc5c(c4)sc4ccccc45)cc32)cc1. The molecule has 54 heavy (non-hydrogen) atoms. The third-order valence-electron chi connectivity index (χ3n) is 12.0. The van der Waals surface area contributed by atoms with Gasteiger partial charge < -0.3 is 9.80 Å². The van der Waals surface area contributed by atoms with Crippen LogP contribution in [-0.2, 0) is 18.3 Å². The first-order valence-corrected chi connectivity index (χ1v) is 19.9. The van der Waals surface area contributed by atoms with Crippen LogP contribution in [0.25, 0.3) is 30.9 Å². The molecule has 0 aliphatic heterocycles. The maximum absolute atomic E-state index is 2.54. The third-order valence-corrected chi connectivity index (χ3v) is 13.2. The molecule has 2 nitrogen and oxygen atoms in total. The summed E-state index contributed by atoms with van der Waals surface area (Å²) in [5.74, 6) is 0. The van der Waals surface area contributed by atoms with Crippen LogP contribution in [0.2, 0.25) is 0 Å². The van der Waals surface area contributed by atoms with Gasteiger partial charge in [-0.25, -0.2) is 0 Å². The molecule has 1 aromatic heterocycles. The Morgan fingerprint density at radius 3 is 1.56 bits per heavy atom. The molecule has 1 spiro atoms. The molecule has 2 aliphatic rings. The maximum atomic E-state index is 2.54. The molecule has 0 radical (unpaired) electrons. The summed E-state index contributed by atoms with van der Waals surface area (Å²) in [4.78, 5) is 4.89. The highest BCUT2D eigenvalue weighted by Gasteiger charge is 2.45. The molecule has 9 aromatic rings. The Labute approximate surface area is 320 Å². The van der Waals surface area contributed by atoms with Crippen molar-refractivity contribution < 1.29 is 0 Å². The van der Waals surface area contributed by atoms with Crippen LogP contribution in [0.3, 0.4) is 0 Å². The molecule has 0 N–H and O–H groups in total. The van der Waals surface area contributed by atoms with Gasteiger partial charge in [0.1, 0.15) is 0 Å². The van der Waals surface area contributed by atoms with Gasteiger partial charge in [-0.3, -0.25) is 0 Å². The van der Waals surface area contributed by atoms with Crippen molar-refractivity contribution in [3.8, 4) is 0 Å². The molecule has 0 saturated carbocycles. The van der Waals surface area contributed by atoms with Crippen molar-refractivity contribution in [3.05, 3.63) is 204 Å². The second-order valence-corrected chi connectivity index (χ2v) is 16.0. The van der Waals surface area contributed by atoms with Gasteiger partial charge in [0.25, 0.3) is 0 Å². The molecule has 3 heteroatoms. The van der Waals surface area contributed by atoms with Crippen LogP contribution < -0.4 is 9.80 Å². The quantitative estimate of drug-likeness (QED) is 0.169. The van der Waals surface area contributed by atoms with Gasteiger partial charge in [-0.05, 0) is 138 Å². The van der Waals surface area contributed by atoms with Crippen molar-refractivity contribution in [1.82, 2.24) is 0 Å². The molecule has 0 unspecified atom stereocenters. The van der Waals surface area contributed by atoms with Gasteiger partial charge in [0.2, 0.25) is 0 Å². The molecule has 11 rings (SSSR count). The fourth-order valence-electron chi connectivity index (χ4n) is 9.46. The largest absolute Gasteiger partial charge is 0.310 e. The highest BCUT2D eigenvalue weighted by Crippen LogP contribution is 2.55. The lowest BCUT2D eigenvalue weighted by Gasteiger charge is -2.31. The zero-order valence-corrected chi connectivity index (χ0v) is 30.8. The number of thiophene rings is 1. The van der Waals surface area contributed by atoms with Crippen LogP contribution in [0, 0.1) is 0 Å². The predicted molar refractivity (Wildman–Crippen MR) is 230 cm³/mol. The average Bonchev–Trinajstić information content (AvgIpc) is 3.92. The van der Waals surface area contributed by atoms with E-state index in [2.05, 4.69) is 192 Å². The zero-order valence-electron chi connectivity index (χ0n) is 30.0. The number of rotatable bonds is 6. The summed E-state index contributed by atoms with van der Waals surface area (Å²) in [6.45, 7) is 0. The zero-order chi connectivity index (χ0) is 35.6. The summed E-state index contributed by atoms with van der Waals surface area (Å²) in [6.07, 6.45) is 4.49. The summed E-state index contributed by atoms with van der Waals surface area (Å²) in [6, 6.07) is 67.6. The van der Waals surface area contributed by atoms with Gasteiger partial charge in [-0.1, -0.05) is 103 Å². The molecular formula is C51H38N2S. The first kappa shape index (κ1) is 31.4. The van der Waals surface area contributed by atoms with Crippen molar-refractivity contribution in [2.45, 2.75) is 31.1 Å². The molecule has 1 heterocycles. The Kier molecular flexibility index (Phi) is 7.25. The number of anilines is 6. The lowest BCUT2D eigenvalue weighted by molar-refractivity contribution is 0.507. The van der Waals surface area contributed by atoms with Gasteiger partial charge in [0.15, 0.2) is 0 Å². The molecule has 2 aliphatic carbocycles. The Hall–Kier alpha value is -6.16. The summed E-state index contributed by atoms with van der Waals surface area (Å²) in [7, 11) is 0. The van der Waals surface area contributed by atoms with E-state index in [1.807, 2.05) is 11.3 Å². The Morgan fingerprint density at radius 1 is 0.370 bits per heavy atom. The van der Waals surface area contributed by atoms with E-state index < -0.39 is 0 Å². The van der Waals surface area contributed by atoms with Crippen molar-refractivity contribution >= 4 is 76.4 Å². The van der Waals surface area contributed by atoms with Crippen LogP contribution >= 0.6 is 11.3 Å². The van der Waals surface area contributed by atoms with Crippen molar-refractivity contribution in [2.75, 3.05) is 9.80 Å². The summed E-state index contributed by atoms with van der Waals surface area (Å²) < 4.78 is 2.65. The van der Waals surface area contributed by atoms with Crippen LogP contribution in [0.4, 0.5) is 34.1 Å². The standard InChI is InChI=1S/C51H38N2S/c1-3-13-39(14-4-1)52(40-15-5-2-6-16-40)42-23-20-36-27-29-51(47(36)32-42)30-28-37-21-24-43(33-48(37)51)53(41-22-19-35-11-7-8-12-38(35)31-41)44-25-26-46-45-17-9-10-18-49(45)54-50(46)34-44/h1-26,31-34H,27-30H2/t51-/m1/s1. The maximum Gasteiger partial charge on any atom is 0.0476 e. The van der Waals surface area contributed by atoms with Gasteiger partial charge >= 0.3 is 0 Å². The Bertz CT molecular complexity index is 2810.